The van der Waals surface area contributed by atoms with Crippen molar-refractivity contribution in [2.75, 3.05) is 20.2 Å². The molecule has 2 fully saturated rings. The summed E-state index contributed by atoms with van der Waals surface area (Å²) in [5.41, 5.74) is -0.00460. The van der Waals surface area contributed by atoms with Gasteiger partial charge in [0.15, 0.2) is 0 Å². The van der Waals surface area contributed by atoms with E-state index in [4.69, 9.17) is 4.74 Å². The number of hydrogen-bond donors (Lipinski definition) is 1. The molecular weight excluding hydrogens is 318 g/mol. The highest BCUT2D eigenvalue weighted by atomic mass is 32.2. The van der Waals surface area contributed by atoms with Crippen LogP contribution in [0.25, 0.3) is 0 Å². The van der Waals surface area contributed by atoms with E-state index in [1.54, 1.807) is 31.4 Å². The summed E-state index contributed by atoms with van der Waals surface area (Å²) >= 11 is 0. The summed E-state index contributed by atoms with van der Waals surface area (Å²) in [7, 11) is -2.07. The Bertz CT molecular complexity index is 700. The summed E-state index contributed by atoms with van der Waals surface area (Å²) in [5, 5.41) is 9.59. The fourth-order valence-corrected chi connectivity index (χ4v) is 5.40. The molecule has 2 aliphatic rings. The number of rotatable bonds is 5. The van der Waals surface area contributed by atoms with Crippen molar-refractivity contribution in [1.82, 2.24) is 4.31 Å². The second-order valence-corrected chi connectivity index (χ2v) is 8.36. The first-order valence-electron chi connectivity index (χ1n) is 7.71. The van der Waals surface area contributed by atoms with Gasteiger partial charge in [0, 0.05) is 20.2 Å². The quantitative estimate of drug-likeness (QED) is 0.883. The molecule has 1 saturated heterocycles. The van der Waals surface area contributed by atoms with E-state index in [2.05, 4.69) is 0 Å². The number of nitrogens with zero attached hydrogens (tertiary/aromatic N) is 1. The van der Waals surface area contributed by atoms with E-state index < -0.39 is 21.4 Å². The highest BCUT2D eigenvalue weighted by Crippen LogP contribution is 2.50. The molecule has 1 aromatic carbocycles. The number of methoxy groups -OCH3 is 1. The van der Waals surface area contributed by atoms with Crippen LogP contribution in [0.5, 0.6) is 0 Å². The van der Waals surface area contributed by atoms with E-state index in [9.17, 15) is 18.3 Å². The summed E-state index contributed by atoms with van der Waals surface area (Å²) in [4.78, 5) is 11.9. The maximum Gasteiger partial charge on any atom is 0.311 e. The SMILES string of the molecule is COCc1ccc(S(=O)(=O)N2C[C@@H]3CCC[C@@]3(C(=O)O)C2)cc1. The lowest BCUT2D eigenvalue weighted by Crippen LogP contribution is -2.37. The Morgan fingerprint density at radius 2 is 2.09 bits per heavy atom. The van der Waals surface area contributed by atoms with E-state index in [-0.39, 0.29) is 17.4 Å². The van der Waals surface area contributed by atoms with Gasteiger partial charge < -0.3 is 9.84 Å². The second-order valence-electron chi connectivity index (χ2n) is 6.42. The van der Waals surface area contributed by atoms with Crippen molar-refractivity contribution in [1.29, 1.82) is 0 Å². The van der Waals surface area contributed by atoms with Crippen LogP contribution in [-0.2, 0) is 26.2 Å². The van der Waals surface area contributed by atoms with Crippen LogP contribution < -0.4 is 0 Å². The molecule has 0 radical (unpaired) electrons. The highest BCUT2D eigenvalue weighted by Gasteiger charge is 2.57. The predicted molar refractivity (Wildman–Crippen MR) is 83.3 cm³/mol. The minimum atomic E-state index is -3.65. The van der Waals surface area contributed by atoms with Gasteiger partial charge in [0.05, 0.1) is 16.9 Å². The summed E-state index contributed by atoms with van der Waals surface area (Å²) in [5.74, 6) is -0.948. The zero-order chi connectivity index (χ0) is 16.7. The van der Waals surface area contributed by atoms with Gasteiger partial charge in [0.1, 0.15) is 0 Å². The zero-order valence-electron chi connectivity index (χ0n) is 13.1. The molecule has 0 bridgehead atoms. The predicted octanol–water partition coefficient (Wildman–Crippen LogP) is 1.71. The first-order valence-corrected chi connectivity index (χ1v) is 9.15. The lowest BCUT2D eigenvalue weighted by Gasteiger charge is -2.23. The van der Waals surface area contributed by atoms with Gasteiger partial charge in [-0.3, -0.25) is 4.79 Å². The molecule has 7 heteroatoms. The van der Waals surface area contributed by atoms with Crippen molar-refractivity contribution >= 4 is 16.0 Å². The fraction of sp³-hybridized carbons (Fsp3) is 0.562. The smallest absolute Gasteiger partial charge is 0.311 e. The number of carboxylic acid groups (broad SMARTS) is 1. The third-order valence-corrected chi connectivity index (χ3v) is 6.96. The molecule has 1 heterocycles. The standard InChI is InChI=1S/C16H21NO5S/c1-22-10-12-4-6-14(7-5-12)23(20,21)17-9-13-3-2-8-16(13,11-17)15(18)19/h4-7,13H,2-3,8-11H2,1H3,(H,18,19)/t13-,16+/m0/s1. The van der Waals surface area contributed by atoms with Crippen molar-refractivity contribution in [3.8, 4) is 0 Å². The van der Waals surface area contributed by atoms with Crippen LogP contribution in [-0.4, -0.2) is 44.0 Å². The normalized spacial score (nSPS) is 28.0. The molecule has 2 atom stereocenters. The van der Waals surface area contributed by atoms with Crippen LogP contribution in [0, 0.1) is 11.3 Å². The van der Waals surface area contributed by atoms with Gasteiger partial charge in [-0.15, -0.1) is 0 Å². The molecule has 0 aromatic heterocycles. The minimum absolute atomic E-state index is 0.0785. The molecule has 1 aliphatic heterocycles. The summed E-state index contributed by atoms with van der Waals surface area (Å²) in [6, 6.07) is 6.57. The molecule has 6 nitrogen and oxygen atoms in total. The minimum Gasteiger partial charge on any atom is -0.481 e. The molecule has 1 aromatic rings. The lowest BCUT2D eigenvalue weighted by atomic mass is 9.81. The van der Waals surface area contributed by atoms with Gasteiger partial charge in [-0.25, -0.2) is 8.42 Å². The molecule has 126 valence electrons. The van der Waals surface area contributed by atoms with Crippen LogP contribution in [0.2, 0.25) is 0 Å². The van der Waals surface area contributed by atoms with E-state index in [0.717, 1.165) is 18.4 Å². The Kier molecular flexibility index (Phi) is 4.20. The fourth-order valence-electron chi connectivity index (χ4n) is 3.85. The van der Waals surface area contributed by atoms with Gasteiger partial charge in [-0.1, -0.05) is 18.6 Å². The number of fused-ring (bicyclic) bond motifs is 1. The molecule has 23 heavy (non-hydrogen) atoms. The van der Waals surface area contributed by atoms with Crippen molar-refractivity contribution in [2.45, 2.75) is 30.8 Å². The maximum atomic E-state index is 12.8. The highest BCUT2D eigenvalue weighted by molar-refractivity contribution is 7.89. The van der Waals surface area contributed by atoms with Gasteiger partial charge in [0.25, 0.3) is 0 Å². The number of carboxylic acids is 1. The molecular formula is C16H21NO5S. The average molecular weight is 339 g/mol. The van der Waals surface area contributed by atoms with Crippen molar-refractivity contribution in [2.24, 2.45) is 11.3 Å². The largest absolute Gasteiger partial charge is 0.481 e. The molecule has 0 unspecified atom stereocenters. The third-order valence-electron chi connectivity index (χ3n) is 5.14. The Morgan fingerprint density at radius 1 is 1.39 bits per heavy atom. The van der Waals surface area contributed by atoms with Crippen LogP contribution >= 0.6 is 0 Å². The maximum absolute atomic E-state index is 12.8. The molecule has 1 saturated carbocycles. The van der Waals surface area contributed by atoms with Gasteiger partial charge in [-0.05, 0) is 36.5 Å². The van der Waals surface area contributed by atoms with Crippen LogP contribution in [0.4, 0.5) is 0 Å². The van der Waals surface area contributed by atoms with E-state index in [1.807, 2.05) is 0 Å². The number of hydrogen-bond acceptors (Lipinski definition) is 4. The molecule has 3 rings (SSSR count). The Morgan fingerprint density at radius 3 is 2.65 bits per heavy atom. The van der Waals surface area contributed by atoms with Crippen molar-refractivity contribution in [3.63, 3.8) is 0 Å². The Hall–Kier alpha value is -1.44. The first-order chi connectivity index (χ1) is 10.9. The molecule has 1 N–H and O–H groups in total. The Labute approximate surface area is 136 Å². The second kappa shape index (κ2) is 5.89. The molecule has 1 aliphatic carbocycles. The van der Waals surface area contributed by atoms with Gasteiger partial charge >= 0.3 is 5.97 Å². The topological polar surface area (TPSA) is 83.9 Å². The van der Waals surface area contributed by atoms with E-state index >= 15 is 0 Å². The Balaban J connectivity index is 1.85. The third kappa shape index (κ3) is 2.66. The van der Waals surface area contributed by atoms with Crippen molar-refractivity contribution < 1.29 is 23.1 Å². The zero-order valence-corrected chi connectivity index (χ0v) is 13.9. The summed E-state index contributed by atoms with van der Waals surface area (Å²) in [6.45, 7) is 0.803. The van der Waals surface area contributed by atoms with Gasteiger partial charge in [0.2, 0.25) is 10.0 Å². The lowest BCUT2D eigenvalue weighted by molar-refractivity contribution is -0.149. The van der Waals surface area contributed by atoms with E-state index in [1.165, 1.54) is 4.31 Å². The van der Waals surface area contributed by atoms with Crippen LogP contribution in [0.3, 0.4) is 0 Å². The average Bonchev–Trinajstić information content (AvgIpc) is 3.06. The van der Waals surface area contributed by atoms with Crippen LogP contribution in [0.1, 0.15) is 24.8 Å². The summed E-state index contributed by atoms with van der Waals surface area (Å²) in [6.07, 6.45) is 2.20. The van der Waals surface area contributed by atoms with Crippen molar-refractivity contribution in [3.05, 3.63) is 29.8 Å². The first kappa shape index (κ1) is 16.4. The monoisotopic (exact) mass is 339 g/mol. The number of benzene rings is 1. The molecule has 0 amide bonds. The van der Waals surface area contributed by atoms with E-state index in [0.29, 0.717) is 19.6 Å². The number of ether oxygens (including phenoxy) is 1. The summed E-state index contributed by atoms with van der Waals surface area (Å²) < 4.78 is 32.0. The molecule has 0 spiro atoms. The number of sulfonamides is 1. The number of aliphatic carboxylic acids is 1. The van der Waals surface area contributed by atoms with Crippen LogP contribution in [0.15, 0.2) is 29.2 Å². The number of carbonyl (C=O) groups is 1. The van der Waals surface area contributed by atoms with Gasteiger partial charge in [-0.2, -0.15) is 4.31 Å².